The Labute approximate surface area is 94.8 Å². The molecule has 2 heterocycles. The smallest absolute Gasteiger partial charge is 0.317 e. The summed E-state index contributed by atoms with van der Waals surface area (Å²) in [6, 6.07) is 0.493. The fraction of sp³-hybridized carbons (Fsp3) is 0.818. The van der Waals surface area contributed by atoms with E-state index in [9.17, 15) is 9.59 Å². The Balaban J connectivity index is 2.01. The quantitative estimate of drug-likeness (QED) is 0.739. The molecule has 5 heteroatoms. The van der Waals surface area contributed by atoms with Gasteiger partial charge in [-0.1, -0.05) is 0 Å². The van der Waals surface area contributed by atoms with Gasteiger partial charge in [0.1, 0.15) is 0 Å². The maximum absolute atomic E-state index is 11.7. The number of carboxylic acids is 1. The van der Waals surface area contributed by atoms with Crippen molar-refractivity contribution in [2.24, 2.45) is 5.92 Å². The molecule has 90 valence electrons. The Morgan fingerprint density at radius 3 is 2.31 bits per heavy atom. The zero-order valence-corrected chi connectivity index (χ0v) is 9.48. The molecule has 2 N–H and O–H groups in total. The van der Waals surface area contributed by atoms with Gasteiger partial charge >= 0.3 is 12.0 Å². The zero-order chi connectivity index (χ0) is 11.7. The molecule has 2 fully saturated rings. The van der Waals surface area contributed by atoms with E-state index in [0.29, 0.717) is 0 Å². The van der Waals surface area contributed by atoms with E-state index in [2.05, 4.69) is 5.32 Å². The first kappa shape index (κ1) is 11.2. The van der Waals surface area contributed by atoms with E-state index in [1.54, 1.807) is 7.05 Å². The Bertz CT molecular complexity index is 292. The van der Waals surface area contributed by atoms with E-state index in [1.807, 2.05) is 4.90 Å². The fourth-order valence-electron chi connectivity index (χ4n) is 3.16. The molecule has 2 bridgehead atoms. The van der Waals surface area contributed by atoms with Gasteiger partial charge < -0.3 is 15.3 Å². The van der Waals surface area contributed by atoms with E-state index in [1.165, 1.54) is 0 Å². The lowest BCUT2D eigenvalue weighted by atomic mass is 9.88. The Hall–Kier alpha value is -1.26. The summed E-state index contributed by atoms with van der Waals surface area (Å²) >= 11 is 0. The molecule has 2 aliphatic rings. The number of carbonyl (C=O) groups is 2. The van der Waals surface area contributed by atoms with Crippen LogP contribution in [0, 0.1) is 5.92 Å². The number of nitrogens with one attached hydrogen (secondary N) is 1. The topological polar surface area (TPSA) is 69.6 Å². The van der Waals surface area contributed by atoms with Crippen LogP contribution in [0.25, 0.3) is 0 Å². The van der Waals surface area contributed by atoms with Crippen LogP contribution < -0.4 is 5.32 Å². The summed E-state index contributed by atoms with van der Waals surface area (Å²) < 4.78 is 0. The van der Waals surface area contributed by atoms with Crippen molar-refractivity contribution in [1.29, 1.82) is 0 Å². The molecular formula is C11H18N2O3. The highest BCUT2D eigenvalue weighted by Crippen LogP contribution is 2.39. The van der Waals surface area contributed by atoms with E-state index < -0.39 is 5.97 Å². The van der Waals surface area contributed by atoms with Crippen LogP contribution in [0.2, 0.25) is 0 Å². The predicted octanol–water partition coefficient (Wildman–Crippen LogP) is 1.04. The first-order valence-electron chi connectivity index (χ1n) is 5.83. The number of nitrogens with zero attached hydrogens (tertiary/aromatic N) is 1. The summed E-state index contributed by atoms with van der Waals surface area (Å²) in [5.41, 5.74) is 0. The summed E-state index contributed by atoms with van der Waals surface area (Å²) in [6.07, 6.45) is 3.98. The van der Waals surface area contributed by atoms with Crippen LogP contribution in [0.3, 0.4) is 0 Å². The molecule has 2 aliphatic heterocycles. The van der Waals surface area contributed by atoms with Gasteiger partial charge in [0.05, 0.1) is 0 Å². The van der Waals surface area contributed by atoms with Gasteiger partial charge in [0.2, 0.25) is 0 Å². The van der Waals surface area contributed by atoms with Gasteiger partial charge in [-0.25, -0.2) is 4.79 Å². The number of urea groups is 1. The summed E-state index contributed by atoms with van der Waals surface area (Å²) in [5, 5.41) is 11.4. The predicted molar refractivity (Wildman–Crippen MR) is 58.1 cm³/mol. The second kappa shape index (κ2) is 4.31. The first-order valence-corrected chi connectivity index (χ1v) is 5.83. The van der Waals surface area contributed by atoms with Gasteiger partial charge in [-0.05, 0) is 31.6 Å². The molecule has 2 amide bonds. The molecule has 16 heavy (non-hydrogen) atoms. The van der Waals surface area contributed by atoms with Crippen LogP contribution in [0.5, 0.6) is 0 Å². The SMILES string of the molecule is CNC(=O)N1C2CCC1CC(CC(=O)O)C2. The third kappa shape index (κ3) is 1.99. The van der Waals surface area contributed by atoms with Gasteiger partial charge in [-0.3, -0.25) is 4.79 Å². The number of aliphatic carboxylic acids is 1. The normalized spacial score (nSPS) is 32.6. The zero-order valence-electron chi connectivity index (χ0n) is 9.48. The van der Waals surface area contributed by atoms with E-state index in [0.717, 1.165) is 25.7 Å². The standard InChI is InChI=1S/C11H18N2O3/c1-12-11(16)13-8-2-3-9(13)5-7(4-8)6-10(14)15/h7-9H,2-6H2,1H3,(H,12,16)(H,14,15). The van der Waals surface area contributed by atoms with Crippen LogP contribution in [0.1, 0.15) is 32.1 Å². The molecule has 0 saturated carbocycles. The maximum atomic E-state index is 11.7. The number of amides is 2. The monoisotopic (exact) mass is 226 g/mol. The summed E-state index contributed by atoms with van der Waals surface area (Å²) in [6.45, 7) is 0. The van der Waals surface area contributed by atoms with Gasteiger partial charge in [0.15, 0.2) is 0 Å². The van der Waals surface area contributed by atoms with Crippen molar-refractivity contribution in [3.05, 3.63) is 0 Å². The van der Waals surface area contributed by atoms with Crippen molar-refractivity contribution in [2.45, 2.75) is 44.2 Å². The molecule has 0 aromatic heterocycles. The lowest BCUT2D eigenvalue weighted by molar-refractivity contribution is -0.138. The molecule has 0 aromatic carbocycles. The molecule has 5 nitrogen and oxygen atoms in total. The van der Waals surface area contributed by atoms with Gasteiger partial charge in [0, 0.05) is 25.6 Å². The second-order valence-corrected chi connectivity index (χ2v) is 4.78. The third-order valence-corrected chi connectivity index (χ3v) is 3.74. The van der Waals surface area contributed by atoms with Gasteiger partial charge in [0.25, 0.3) is 0 Å². The molecule has 0 aliphatic carbocycles. The van der Waals surface area contributed by atoms with Crippen LogP contribution in [-0.4, -0.2) is 41.1 Å². The Morgan fingerprint density at radius 1 is 1.31 bits per heavy atom. The van der Waals surface area contributed by atoms with Crippen LogP contribution in [0.15, 0.2) is 0 Å². The minimum atomic E-state index is -0.724. The van der Waals surface area contributed by atoms with E-state index >= 15 is 0 Å². The minimum absolute atomic E-state index is 0.0127. The maximum Gasteiger partial charge on any atom is 0.317 e. The average Bonchev–Trinajstić information content (AvgIpc) is 2.49. The van der Waals surface area contributed by atoms with E-state index in [-0.39, 0.29) is 30.5 Å². The number of carbonyl (C=O) groups excluding carboxylic acids is 1. The highest BCUT2D eigenvalue weighted by atomic mass is 16.4. The van der Waals surface area contributed by atoms with Gasteiger partial charge in [-0.2, -0.15) is 0 Å². The molecule has 0 radical (unpaired) electrons. The van der Waals surface area contributed by atoms with Crippen molar-refractivity contribution >= 4 is 12.0 Å². The average molecular weight is 226 g/mol. The number of piperidine rings is 1. The summed E-state index contributed by atoms with van der Waals surface area (Å²) in [4.78, 5) is 24.3. The highest BCUT2D eigenvalue weighted by Gasteiger charge is 2.43. The summed E-state index contributed by atoms with van der Waals surface area (Å²) in [7, 11) is 1.64. The number of fused-ring (bicyclic) bond motifs is 2. The molecule has 2 atom stereocenters. The van der Waals surface area contributed by atoms with Crippen LogP contribution in [-0.2, 0) is 4.79 Å². The molecule has 2 rings (SSSR count). The Morgan fingerprint density at radius 2 is 1.88 bits per heavy atom. The third-order valence-electron chi connectivity index (χ3n) is 3.74. The highest BCUT2D eigenvalue weighted by molar-refractivity contribution is 5.75. The molecule has 2 saturated heterocycles. The van der Waals surface area contributed by atoms with Crippen molar-refractivity contribution in [2.75, 3.05) is 7.05 Å². The Kier molecular flexibility index (Phi) is 3.03. The number of hydrogen-bond acceptors (Lipinski definition) is 2. The minimum Gasteiger partial charge on any atom is -0.481 e. The van der Waals surface area contributed by atoms with Crippen LogP contribution >= 0.6 is 0 Å². The summed E-state index contributed by atoms with van der Waals surface area (Å²) in [5.74, 6) is -0.478. The van der Waals surface area contributed by atoms with Crippen molar-refractivity contribution < 1.29 is 14.7 Å². The number of hydrogen-bond donors (Lipinski definition) is 2. The van der Waals surface area contributed by atoms with Crippen molar-refractivity contribution in [1.82, 2.24) is 10.2 Å². The van der Waals surface area contributed by atoms with Gasteiger partial charge in [-0.15, -0.1) is 0 Å². The van der Waals surface area contributed by atoms with Crippen molar-refractivity contribution in [3.8, 4) is 0 Å². The largest absolute Gasteiger partial charge is 0.481 e. The second-order valence-electron chi connectivity index (χ2n) is 4.78. The number of carboxylic acid groups (broad SMARTS) is 1. The van der Waals surface area contributed by atoms with Crippen molar-refractivity contribution in [3.63, 3.8) is 0 Å². The fourth-order valence-corrected chi connectivity index (χ4v) is 3.16. The lowest BCUT2D eigenvalue weighted by Gasteiger charge is -2.38. The molecular weight excluding hydrogens is 208 g/mol. The molecule has 0 spiro atoms. The molecule has 0 aromatic rings. The molecule has 2 unspecified atom stereocenters. The van der Waals surface area contributed by atoms with E-state index in [4.69, 9.17) is 5.11 Å². The first-order chi connectivity index (χ1) is 7.61. The van der Waals surface area contributed by atoms with Crippen LogP contribution in [0.4, 0.5) is 4.79 Å². The lowest BCUT2D eigenvalue weighted by Crippen LogP contribution is -2.50. The number of rotatable bonds is 2.